The molecular weight excluding hydrogens is 400 g/mol. The summed E-state index contributed by atoms with van der Waals surface area (Å²) in [6.45, 7) is 2.01. The van der Waals surface area contributed by atoms with Crippen LogP contribution in [0.2, 0.25) is 0 Å². The van der Waals surface area contributed by atoms with Crippen LogP contribution in [0.15, 0.2) is 58.3 Å². The van der Waals surface area contributed by atoms with Gasteiger partial charge in [-0.2, -0.15) is 9.78 Å². The van der Waals surface area contributed by atoms with Gasteiger partial charge in [0, 0.05) is 39.4 Å². The predicted molar refractivity (Wildman–Crippen MR) is 114 cm³/mol. The lowest BCUT2D eigenvalue weighted by Crippen LogP contribution is -2.51. The molecule has 1 saturated heterocycles. The lowest BCUT2D eigenvalue weighted by Gasteiger charge is -2.35. The zero-order valence-electron chi connectivity index (χ0n) is 17.3. The molecule has 0 atom stereocenters. The van der Waals surface area contributed by atoms with E-state index in [2.05, 4.69) is 15.0 Å². The SMILES string of the molecule is COc1ccc(-n2nc(C(=O)N3CCN(c4ccccn4)CC3)c(=O)n(C)c2=O)cc1. The molecule has 1 aromatic carbocycles. The van der Waals surface area contributed by atoms with Gasteiger partial charge >= 0.3 is 5.69 Å². The minimum atomic E-state index is -0.716. The molecule has 2 aromatic heterocycles. The van der Waals surface area contributed by atoms with Gasteiger partial charge in [0.15, 0.2) is 0 Å². The Morgan fingerprint density at radius 1 is 1.00 bits per heavy atom. The van der Waals surface area contributed by atoms with Crippen LogP contribution < -0.4 is 20.9 Å². The number of nitrogens with zero attached hydrogens (tertiary/aromatic N) is 6. The number of ether oxygens (including phenoxy) is 1. The lowest BCUT2D eigenvalue weighted by molar-refractivity contribution is 0.0735. The van der Waals surface area contributed by atoms with Crippen molar-refractivity contribution in [2.45, 2.75) is 0 Å². The van der Waals surface area contributed by atoms with Crippen LogP contribution in [0.3, 0.4) is 0 Å². The number of benzene rings is 1. The van der Waals surface area contributed by atoms with Crippen LogP contribution in [0.5, 0.6) is 5.75 Å². The van der Waals surface area contributed by atoms with Crippen molar-refractivity contribution in [2.75, 3.05) is 38.2 Å². The summed E-state index contributed by atoms with van der Waals surface area (Å²) in [5, 5.41) is 4.12. The molecule has 0 unspecified atom stereocenters. The number of hydrogen-bond donors (Lipinski definition) is 0. The molecule has 1 fully saturated rings. The van der Waals surface area contributed by atoms with E-state index in [1.165, 1.54) is 14.2 Å². The van der Waals surface area contributed by atoms with Crippen molar-refractivity contribution in [1.29, 1.82) is 0 Å². The summed E-state index contributed by atoms with van der Waals surface area (Å²) in [5.74, 6) is 0.962. The number of anilines is 1. The third kappa shape index (κ3) is 3.91. The monoisotopic (exact) mass is 422 g/mol. The van der Waals surface area contributed by atoms with Crippen LogP contribution in [-0.2, 0) is 7.05 Å². The van der Waals surface area contributed by atoms with Crippen LogP contribution in [0.25, 0.3) is 5.69 Å². The molecule has 0 bridgehead atoms. The molecule has 0 radical (unpaired) electrons. The van der Waals surface area contributed by atoms with Crippen molar-refractivity contribution >= 4 is 11.7 Å². The second kappa shape index (κ2) is 8.42. The Kier molecular flexibility index (Phi) is 5.52. The van der Waals surface area contributed by atoms with E-state index in [1.807, 2.05) is 18.2 Å². The smallest absolute Gasteiger partial charge is 0.351 e. The van der Waals surface area contributed by atoms with E-state index in [0.29, 0.717) is 37.6 Å². The summed E-state index contributed by atoms with van der Waals surface area (Å²) in [5.41, 5.74) is -1.21. The first-order valence-corrected chi connectivity index (χ1v) is 9.79. The fourth-order valence-electron chi connectivity index (χ4n) is 3.43. The third-order valence-corrected chi connectivity index (χ3v) is 5.24. The second-order valence-electron chi connectivity index (χ2n) is 7.07. The summed E-state index contributed by atoms with van der Waals surface area (Å²) < 4.78 is 7.08. The minimum Gasteiger partial charge on any atom is -0.497 e. The summed E-state index contributed by atoms with van der Waals surface area (Å²) in [7, 11) is 2.87. The normalized spacial score (nSPS) is 13.9. The van der Waals surface area contributed by atoms with Crippen LogP contribution in [0, 0.1) is 0 Å². The fraction of sp³-hybridized carbons (Fsp3) is 0.286. The molecule has 31 heavy (non-hydrogen) atoms. The van der Waals surface area contributed by atoms with Gasteiger partial charge in [-0.05, 0) is 36.4 Å². The summed E-state index contributed by atoms with van der Waals surface area (Å²) in [4.78, 5) is 46.3. The van der Waals surface area contributed by atoms with Crippen molar-refractivity contribution in [1.82, 2.24) is 24.2 Å². The van der Waals surface area contributed by atoms with Gasteiger partial charge in [-0.15, -0.1) is 0 Å². The largest absolute Gasteiger partial charge is 0.497 e. The van der Waals surface area contributed by atoms with Crippen LogP contribution >= 0.6 is 0 Å². The first-order chi connectivity index (χ1) is 15.0. The number of piperazine rings is 1. The molecule has 160 valence electrons. The van der Waals surface area contributed by atoms with Gasteiger partial charge < -0.3 is 14.5 Å². The molecule has 0 spiro atoms. The first-order valence-electron chi connectivity index (χ1n) is 9.79. The molecule has 0 aliphatic carbocycles. The average molecular weight is 422 g/mol. The zero-order valence-corrected chi connectivity index (χ0v) is 17.3. The summed E-state index contributed by atoms with van der Waals surface area (Å²) >= 11 is 0. The molecule has 3 aromatic rings. The topological polar surface area (TPSA) is 103 Å². The number of carbonyl (C=O) groups excluding carboxylic acids is 1. The Bertz CT molecular complexity index is 1200. The van der Waals surface area contributed by atoms with E-state index in [-0.39, 0.29) is 5.69 Å². The highest BCUT2D eigenvalue weighted by molar-refractivity contribution is 5.92. The van der Waals surface area contributed by atoms with Crippen molar-refractivity contribution in [3.63, 3.8) is 0 Å². The standard InChI is InChI=1S/C21H22N6O4/c1-24-19(28)18(23-27(21(24)30)15-6-8-16(31-2)9-7-15)20(29)26-13-11-25(12-14-26)17-5-3-4-10-22-17/h3-10H,11-14H2,1-2H3. The maximum Gasteiger partial charge on any atom is 0.351 e. The molecule has 0 saturated carbocycles. The Morgan fingerprint density at radius 2 is 1.71 bits per heavy atom. The summed E-state index contributed by atoms with van der Waals surface area (Å²) in [6, 6.07) is 12.3. The third-order valence-electron chi connectivity index (χ3n) is 5.24. The van der Waals surface area contributed by atoms with Crippen LogP contribution in [-0.4, -0.2) is 63.4 Å². The van der Waals surface area contributed by atoms with E-state index < -0.39 is 17.2 Å². The maximum absolute atomic E-state index is 13.1. The number of pyridine rings is 1. The quantitative estimate of drug-likeness (QED) is 0.596. The molecule has 10 heteroatoms. The van der Waals surface area contributed by atoms with Gasteiger partial charge in [0.1, 0.15) is 11.6 Å². The van der Waals surface area contributed by atoms with Gasteiger partial charge in [-0.25, -0.2) is 9.78 Å². The van der Waals surface area contributed by atoms with Crippen molar-refractivity contribution in [2.24, 2.45) is 7.05 Å². The van der Waals surface area contributed by atoms with E-state index in [9.17, 15) is 14.4 Å². The van der Waals surface area contributed by atoms with E-state index in [1.54, 1.807) is 35.4 Å². The first kappa shape index (κ1) is 20.3. The molecule has 3 heterocycles. The number of carbonyl (C=O) groups is 1. The van der Waals surface area contributed by atoms with Gasteiger partial charge in [-0.1, -0.05) is 6.07 Å². The van der Waals surface area contributed by atoms with Crippen LogP contribution in [0.4, 0.5) is 5.82 Å². The molecule has 0 N–H and O–H groups in total. The molecule has 1 amide bonds. The van der Waals surface area contributed by atoms with Gasteiger partial charge in [0.05, 0.1) is 12.8 Å². The number of hydrogen-bond acceptors (Lipinski definition) is 7. The van der Waals surface area contributed by atoms with Crippen molar-refractivity contribution in [3.05, 3.63) is 75.2 Å². The average Bonchev–Trinajstić information content (AvgIpc) is 2.83. The van der Waals surface area contributed by atoms with Gasteiger partial charge in [0.25, 0.3) is 11.5 Å². The lowest BCUT2D eigenvalue weighted by atomic mass is 10.2. The Balaban J connectivity index is 1.60. The van der Waals surface area contributed by atoms with Crippen LogP contribution in [0.1, 0.15) is 10.5 Å². The molecule has 1 aliphatic rings. The number of rotatable bonds is 4. The number of aromatic nitrogens is 4. The Labute approximate surface area is 177 Å². The maximum atomic E-state index is 13.1. The second-order valence-corrected chi connectivity index (χ2v) is 7.07. The minimum absolute atomic E-state index is 0.288. The van der Waals surface area contributed by atoms with Crippen molar-refractivity contribution < 1.29 is 9.53 Å². The van der Waals surface area contributed by atoms with Gasteiger partial charge in [-0.3, -0.25) is 14.2 Å². The Hall–Kier alpha value is -3.95. The van der Waals surface area contributed by atoms with E-state index in [4.69, 9.17) is 4.74 Å². The highest BCUT2D eigenvalue weighted by atomic mass is 16.5. The summed E-state index contributed by atoms with van der Waals surface area (Å²) in [6.07, 6.45) is 1.73. The fourth-order valence-corrected chi connectivity index (χ4v) is 3.43. The van der Waals surface area contributed by atoms with Crippen molar-refractivity contribution in [3.8, 4) is 11.4 Å². The van der Waals surface area contributed by atoms with E-state index in [0.717, 1.165) is 15.1 Å². The highest BCUT2D eigenvalue weighted by Gasteiger charge is 2.27. The molecular formula is C21H22N6O4. The Morgan fingerprint density at radius 3 is 2.32 bits per heavy atom. The predicted octanol–water partition coefficient (Wildman–Crippen LogP) is 0.297. The number of methoxy groups -OCH3 is 1. The van der Waals surface area contributed by atoms with E-state index >= 15 is 0 Å². The molecule has 10 nitrogen and oxygen atoms in total. The van der Waals surface area contributed by atoms with Gasteiger partial charge in [0.2, 0.25) is 5.69 Å². The zero-order chi connectivity index (χ0) is 22.0. The number of amides is 1. The molecule has 4 rings (SSSR count). The highest BCUT2D eigenvalue weighted by Crippen LogP contribution is 2.14. The molecule has 1 aliphatic heterocycles.